The number of esters is 1. The largest absolute Gasteiger partial charge is 0.497 e. The van der Waals surface area contributed by atoms with E-state index in [0.29, 0.717) is 29.9 Å². The fraction of sp³-hybridized carbons (Fsp3) is 0.290. The second-order valence-electron chi connectivity index (χ2n) is 9.99. The summed E-state index contributed by atoms with van der Waals surface area (Å²) in [4.78, 5) is 18.7. The SMILES string of the molecule is COc1ccc(COC(=O)C2(c3cccc(F)c3C)C=C(c3ccc4sc(C5CC5)nc4c3)CC2)cc1. The van der Waals surface area contributed by atoms with Crippen molar-refractivity contribution >= 4 is 33.1 Å². The van der Waals surface area contributed by atoms with E-state index in [1.54, 1.807) is 31.4 Å². The summed E-state index contributed by atoms with van der Waals surface area (Å²) < 4.78 is 26.9. The molecule has 6 rings (SSSR count). The van der Waals surface area contributed by atoms with Gasteiger partial charge in [0.2, 0.25) is 0 Å². The molecule has 0 saturated heterocycles. The number of carbonyl (C=O) groups excluding carboxylic acids is 1. The molecule has 1 aromatic heterocycles. The summed E-state index contributed by atoms with van der Waals surface area (Å²) in [6.45, 7) is 1.87. The highest BCUT2D eigenvalue weighted by Gasteiger charge is 2.45. The van der Waals surface area contributed by atoms with Crippen molar-refractivity contribution in [1.82, 2.24) is 4.98 Å². The molecule has 1 unspecified atom stereocenters. The third kappa shape index (κ3) is 4.44. The lowest BCUT2D eigenvalue weighted by molar-refractivity contribution is -0.150. The van der Waals surface area contributed by atoms with Gasteiger partial charge in [0.15, 0.2) is 0 Å². The lowest BCUT2D eigenvalue weighted by atomic mass is 9.77. The number of halogens is 1. The van der Waals surface area contributed by atoms with Crippen LogP contribution in [0.5, 0.6) is 5.75 Å². The molecule has 0 bridgehead atoms. The number of benzene rings is 3. The Hall–Kier alpha value is -3.51. The van der Waals surface area contributed by atoms with Crippen LogP contribution in [0.4, 0.5) is 4.39 Å². The molecule has 0 spiro atoms. The van der Waals surface area contributed by atoms with E-state index in [0.717, 1.165) is 28.0 Å². The van der Waals surface area contributed by atoms with E-state index in [1.807, 2.05) is 36.4 Å². The van der Waals surface area contributed by atoms with E-state index in [9.17, 15) is 9.18 Å². The predicted octanol–water partition coefficient (Wildman–Crippen LogP) is 7.49. The van der Waals surface area contributed by atoms with Crippen LogP contribution in [-0.2, 0) is 21.6 Å². The van der Waals surface area contributed by atoms with Gasteiger partial charge in [0.25, 0.3) is 0 Å². The van der Waals surface area contributed by atoms with E-state index >= 15 is 0 Å². The quantitative estimate of drug-likeness (QED) is 0.240. The molecule has 0 aliphatic heterocycles. The van der Waals surface area contributed by atoms with Gasteiger partial charge in [-0.1, -0.05) is 36.4 Å². The van der Waals surface area contributed by atoms with Crippen LogP contribution >= 0.6 is 11.3 Å². The van der Waals surface area contributed by atoms with Crippen LogP contribution in [0.15, 0.2) is 66.7 Å². The van der Waals surface area contributed by atoms with Crippen molar-refractivity contribution in [3.63, 3.8) is 0 Å². The van der Waals surface area contributed by atoms with Crippen molar-refractivity contribution in [2.45, 2.75) is 50.5 Å². The second kappa shape index (κ2) is 9.42. The van der Waals surface area contributed by atoms with Crippen LogP contribution in [0.1, 0.15) is 58.9 Å². The third-order valence-corrected chi connectivity index (χ3v) is 8.75. The minimum Gasteiger partial charge on any atom is -0.497 e. The Labute approximate surface area is 219 Å². The maximum atomic E-state index is 14.7. The van der Waals surface area contributed by atoms with E-state index in [-0.39, 0.29) is 18.4 Å². The summed E-state index contributed by atoms with van der Waals surface area (Å²) in [7, 11) is 1.61. The van der Waals surface area contributed by atoms with Crippen molar-refractivity contribution in [2.24, 2.45) is 0 Å². The van der Waals surface area contributed by atoms with Crippen LogP contribution in [0.2, 0.25) is 0 Å². The molecule has 1 fully saturated rings. The van der Waals surface area contributed by atoms with Crippen LogP contribution < -0.4 is 4.74 Å². The van der Waals surface area contributed by atoms with E-state index in [2.05, 4.69) is 18.2 Å². The summed E-state index contributed by atoms with van der Waals surface area (Å²) in [6.07, 6.45) is 5.67. The fourth-order valence-corrected chi connectivity index (χ4v) is 6.34. The topological polar surface area (TPSA) is 48.4 Å². The maximum absolute atomic E-state index is 14.7. The highest BCUT2D eigenvalue weighted by molar-refractivity contribution is 7.18. The smallest absolute Gasteiger partial charge is 0.320 e. The van der Waals surface area contributed by atoms with Gasteiger partial charge < -0.3 is 9.47 Å². The molecule has 1 atom stereocenters. The zero-order valence-electron chi connectivity index (χ0n) is 20.9. The van der Waals surface area contributed by atoms with Crippen molar-refractivity contribution in [3.8, 4) is 5.75 Å². The van der Waals surface area contributed by atoms with Crippen molar-refractivity contribution in [1.29, 1.82) is 0 Å². The van der Waals surface area contributed by atoms with Gasteiger partial charge in [-0.15, -0.1) is 11.3 Å². The first-order valence-corrected chi connectivity index (χ1v) is 13.5. The zero-order valence-corrected chi connectivity index (χ0v) is 21.7. The lowest BCUT2D eigenvalue weighted by Gasteiger charge is -2.27. The molecular weight excluding hydrogens is 485 g/mol. The first-order valence-electron chi connectivity index (χ1n) is 12.7. The van der Waals surface area contributed by atoms with Gasteiger partial charge in [-0.2, -0.15) is 0 Å². The van der Waals surface area contributed by atoms with Gasteiger partial charge in [-0.25, -0.2) is 9.37 Å². The minimum atomic E-state index is -1.05. The monoisotopic (exact) mass is 513 g/mol. The number of rotatable bonds is 7. The second-order valence-corrected chi connectivity index (χ2v) is 11.0. The lowest BCUT2D eigenvalue weighted by Crippen LogP contribution is -2.34. The number of methoxy groups -OCH3 is 1. The van der Waals surface area contributed by atoms with E-state index in [1.165, 1.54) is 28.6 Å². The standard InChI is InChI=1S/C31H28FNO3S/c1-19-25(4-3-5-26(19)32)31(30(34)36-18-20-6-11-24(35-2)12-7-20)15-14-23(17-31)22-10-13-28-27(16-22)33-29(37-28)21-8-9-21/h3-7,10-13,16-17,21H,8-9,14-15,18H2,1-2H3. The first-order chi connectivity index (χ1) is 18.0. The van der Waals surface area contributed by atoms with Gasteiger partial charge in [0.1, 0.15) is 23.6 Å². The molecular formula is C31H28FNO3S. The van der Waals surface area contributed by atoms with Crippen molar-refractivity contribution in [2.75, 3.05) is 7.11 Å². The highest BCUT2D eigenvalue weighted by atomic mass is 32.1. The van der Waals surface area contributed by atoms with Gasteiger partial charge >= 0.3 is 5.97 Å². The maximum Gasteiger partial charge on any atom is 0.320 e. The Balaban J connectivity index is 1.35. The Morgan fingerprint density at radius 2 is 1.95 bits per heavy atom. The Bertz CT molecular complexity index is 1520. The number of aromatic nitrogens is 1. The number of allylic oxidation sites excluding steroid dienone is 1. The summed E-state index contributed by atoms with van der Waals surface area (Å²) in [5.41, 5.74) is 4.07. The number of fused-ring (bicyclic) bond motifs is 1. The average Bonchev–Trinajstić information content (AvgIpc) is 3.53. The van der Waals surface area contributed by atoms with Gasteiger partial charge in [0.05, 0.1) is 22.3 Å². The molecule has 188 valence electrons. The number of carbonyl (C=O) groups is 1. The van der Waals surface area contributed by atoms with Crippen LogP contribution in [0.3, 0.4) is 0 Å². The summed E-state index contributed by atoms with van der Waals surface area (Å²) in [6, 6.07) is 18.7. The number of thiazole rings is 1. The van der Waals surface area contributed by atoms with Crippen LogP contribution in [-0.4, -0.2) is 18.1 Å². The molecule has 4 nitrogen and oxygen atoms in total. The van der Waals surface area contributed by atoms with Gasteiger partial charge in [-0.05, 0) is 90.8 Å². The van der Waals surface area contributed by atoms with Gasteiger partial charge in [0, 0.05) is 5.92 Å². The predicted molar refractivity (Wildman–Crippen MR) is 144 cm³/mol. The number of nitrogens with zero attached hydrogens (tertiary/aromatic N) is 1. The summed E-state index contributed by atoms with van der Waals surface area (Å²) >= 11 is 1.78. The molecule has 1 saturated carbocycles. The molecule has 0 radical (unpaired) electrons. The molecule has 2 aliphatic rings. The molecule has 3 aromatic carbocycles. The fourth-order valence-electron chi connectivity index (χ4n) is 5.22. The molecule has 0 amide bonds. The molecule has 1 heterocycles. The molecule has 37 heavy (non-hydrogen) atoms. The van der Waals surface area contributed by atoms with Crippen molar-refractivity contribution in [3.05, 3.63) is 99.8 Å². The summed E-state index contributed by atoms with van der Waals surface area (Å²) in [5, 5.41) is 1.22. The van der Waals surface area contributed by atoms with Gasteiger partial charge in [-0.3, -0.25) is 4.79 Å². The van der Waals surface area contributed by atoms with E-state index in [4.69, 9.17) is 14.5 Å². The summed E-state index contributed by atoms with van der Waals surface area (Å²) in [5.74, 6) is 0.679. The highest BCUT2D eigenvalue weighted by Crippen LogP contribution is 2.47. The Morgan fingerprint density at radius 1 is 1.14 bits per heavy atom. The zero-order chi connectivity index (χ0) is 25.6. The van der Waals surface area contributed by atoms with Crippen molar-refractivity contribution < 1.29 is 18.7 Å². The number of hydrogen-bond donors (Lipinski definition) is 0. The number of hydrogen-bond acceptors (Lipinski definition) is 5. The molecule has 0 N–H and O–H groups in total. The molecule has 2 aliphatic carbocycles. The molecule has 6 heteroatoms. The van der Waals surface area contributed by atoms with E-state index < -0.39 is 5.41 Å². The third-order valence-electron chi connectivity index (χ3n) is 7.55. The average molecular weight is 514 g/mol. The minimum absolute atomic E-state index is 0.136. The normalized spacial score (nSPS) is 19.2. The Morgan fingerprint density at radius 3 is 2.70 bits per heavy atom. The number of ether oxygens (including phenoxy) is 2. The van der Waals surface area contributed by atoms with Crippen LogP contribution in [0.25, 0.3) is 15.8 Å². The Kier molecular flexibility index (Phi) is 6.07. The first kappa shape index (κ1) is 23.9. The van der Waals surface area contributed by atoms with Crippen LogP contribution in [0, 0.1) is 12.7 Å². The molecule has 4 aromatic rings.